The number of rotatable bonds is 3. The summed E-state index contributed by atoms with van der Waals surface area (Å²) in [6, 6.07) is 3.45. The molecule has 2 atom stereocenters. The Morgan fingerprint density at radius 1 is 1.32 bits per heavy atom. The maximum absolute atomic E-state index is 12.5. The smallest absolute Gasteiger partial charge is 0.315 e. The second kappa shape index (κ2) is 5.30. The summed E-state index contributed by atoms with van der Waals surface area (Å²) in [5.41, 5.74) is 1.16. The van der Waals surface area contributed by atoms with Crippen molar-refractivity contribution in [3.63, 3.8) is 0 Å². The predicted octanol–water partition coefficient (Wildman–Crippen LogP) is 4.32. The molecular formula is C17H19BrO4. The van der Waals surface area contributed by atoms with Crippen LogP contribution < -0.4 is 14.2 Å². The van der Waals surface area contributed by atoms with Crippen LogP contribution in [0.25, 0.3) is 0 Å². The highest BCUT2D eigenvalue weighted by molar-refractivity contribution is 9.10. The van der Waals surface area contributed by atoms with Gasteiger partial charge in [0.2, 0.25) is 6.79 Å². The molecule has 4 nitrogen and oxygen atoms in total. The Hall–Kier alpha value is -1.49. The molecule has 5 heteroatoms. The quantitative estimate of drug-likeness (QED) is 0.453. The summed E-state index contributed by atoms with van der Waals surface area (Å²) in [4.78, 5) is 12.5. The van der Waals surface area contributed by atoms with E-state index in [0.29, 0.717) is 21.7 Å². The largest absolute Gasteiger partial charge is 0.454 e. The summed E-state index contributed by atoms with van der Waals surface area (Å²) in [5, 5.41) is 0. The second-order valence-electron chi connectivity index (χ2n) is 6.63. The lowest BCUT2D eigenvalue weighted by molar-refractivity contribution is -0.136. The molecule has 1 heterocycles. The van der Waals surface area contributed by atoms with E-state index in [1.807, 2.05) is 13.8 Å². The third kappa shape index (κ3) is 2.62. The molecule has 1 aliphatic heterocycles. The van der Waals surface area contributed by atoms with Gasteiger partial charge >= 0.3 is 5.97 Å². The van der Waals surface area contributed by atoms with Crippen molar-refractivity contribution in [1.29, 1.82) is 0 Å². The fourth-order valence-electron chi connectivity index (χ4n) is 2.95. The van der Waals surface area contributed by atoms with Crippen molar-refractivity contribution in [2.75, 3.05) is 6.79 Å². The van der Waals surface area contributed by atoms with Gasteiger partial charge in [0, 0.05) is 12.1 Å². The van der Waals surface area contributed by atoms with Crippen LogP contribution in [0.15, 0.2) is 28.3 Å². The lowest BCUT2D eigenvalue weighted by atomic mass is 10.1. The summed E-state index contributed by atoms with van der Waals surface area (Å²) in [6.07, 6.45) is 2.15. The zero-order valence-corrected chi connectivity index (χ0v) is 14.7. The van der Waals surface area contributed by atoms with Crippen LogP contribution >= 0.6 is 15.9 Å². The second-order valence-corrected chi connectivity index (χ2v) is 7.48. The van der Waals surface area contributed by atoms with E-state index in [1.54, 1.807) is 12.1 Å². The Morgan fingerprint density at radius 2 is 1.95 bits per heavy atom. The van der Waals surface area contributed by atoms with E-state index in [-0.39, 0.29) is 30.0 Å². The van der Waals surface area contributed by atoms with Crippen molar-refractivity contribution in [1.82, 2.24) is 0 Å². The van der Waals surface area contributed by atoms with E-state index in [4.69, 9.17) is 14.2 Å². The summed E-state index contributed by atoms with van der Waals surface area (Å²) in [5.74, 6) is 1.64. The first-order chi connectivity index (χ1) is 10.3. The van der Waals surface area contributed by atoms with Gasteiger partial charge in [0.25, 0.3) is 0 Å². The summed E-state index contributed by atoms with van der Waals surface area (Å²) >= 11 is 3.41. The van der Waals surface area contributed by atoms with Crippen LogP contribution in [-0.2, 0) is 4.79 Å². The number of ether oxygens (including phenoxy) is 3. The lowest BCUT2D eigenvalue weighted by Crippen LogP contribution is -2.14. The molecule has 1 saturated carbocycles. The Kier molecular flexibility index (Phi) is 3.71. The van der Waals surface area contributed by atoms with Crippen LogP contribution in [0.4, 0.5) is 0 Å². The van der Waals surface area contributed by atoms with E-state index >= 15 is 0 Å². The molecular weight excluding hydrogens is 348 g/mol. The Bertz CT molecular complexity index is 659. The molecule has 22 heavy (non-hydrogen) atoms. The highest BCUT2D eigenvalue weighted by Crippen LogP contribution is 2.60. The number of hydrogen-bond donors (Lipinski definition) is 0. The Balaban J connectivity index is 1.77. The minimum atomic E-state index is -0.202. The van der Waals surface area contributed by atoms with Crippen molar-refractivity contribution in [3.05, 3.63) is 28.3 Å². The number of benzene rings is 1. The molecule has 0 saturated heterocycles. The molecule has 0 N–H and O–H groups in total. The number of hydrogen-bond acceptors (Lipinski definition) is 4. The standard InChI is InChI=1S/C17H19BrO4/c1-9(2)5-10-15(17(10,3)4)16(19)22-12-7-14-13(6-11(12)18)20-8-21-14/h5-7,10,15H,8H2,1-4H3/t10-,15-/m1/s1. The van der Waals surface area contributed by atoms with Gasteiger partial charge < -0.3 is 14.2 Å². The molecule has 0 radical (unpaired) electrons. The van der Waals surface area contributed by atoms with E-state index in [0.717, 1.165) is 0 Å². The predicted molar refractivity (Wildman–Crippen MR) is 86.1 cm³/mol. The highest BCUT2D eigenvalue weighted by Gasteiger charge is 2.61. The number of carbonyl (C=O) groups is 1. The van der Waals surface area contributed by atoms with Crippen molar-refractivity contribution >= 4 is 21.9 Å². The average Bonchev–Trinajstić information content (AvgIpc) is 2.76. The average molecular weight is 367 g/mol. The van der Waals surface area contributed by atoms with Gasteiger partial charge in [-0.25, -0.2) is 0 Å². The van der Waals surface area contributed by atoms with Crippen LogP contribution in [0.5, 0.6) is 17.2 Å². The van der Waals surface area contributed by atoms with Crippen LogP contribution in [0, 0.1) is 17.3 Å². The van der Waals surface area contributed by atoms with E-state index in [1.165, 1.54) is 5.57 Å². The molecule has 0 bridgehead atoms. The van der Waals surface area contributed by atoms with Crippen LogP contribution in [-0.4, -0.2) is 12.8 Å². The van der Waals surface area contributed by atoms with Crippen LogP contribution in [0.3, 0.4) is 0 Å². The molecule has 3 rings (SSSR count). The van der Waals surface area contributed by atoms with Crippen molar-refractivity contribution in [3.8, 4) is 17.2 Å². The van der Waals surface area contributed by atoms with Gasteiger partial charge in [-0.3, -0.25) is 4.79 Å². The van der Waals surface area contributed by atoms with E-state index in [9.17, 15) is 4.79 Å². The number of fused-ring (bicyclic) bond motifs is 1. The number of allylic oxidation sites excluding steroid dienone is 2. The normalized spacial score (nSPS) is 23.9. The first-order valence-corrected chi connectivity index (χ1v) is 8.06. The van der Waals surface area contributed by atoms with Gasteiger partial charge in [-0.05, 0) is 41.1 Å². The summed E-state index contributed by atoms with van der Waals surface area (Å²) in [7, 11) is 0. The maximum atomic E-state index is 12.5. The third-order valence-electron chi connectivity index (χ3n) is 4.32. The van der Waals surface area contributed by atoms with Gasteiger partial charge in [0.15, 0.2) is 11.5 Å². The molecule has 1 fully saturated rings. The highest BCUT2D eigenvalue weighted by atomic mass is 79.9. The van der Waals surface area contributed by atoms with Crippen LogP contribution in [0.1, 0.15) is 27.7 Å². The third-order valence-corrected chi connectivity index (χ3v) is 4.93. The maximum Gasteiger partial charge on any atom is 0.315 e. The topological polar surface area (TPSA) is 44.8 Å². The van der Waals surface area contributed by atoms with Gasteiger partial charge in [-0.2, -0.15) is 0 Å². The van der Waals surface area contributed by atoms with Crippen molar-refractivity contribution in [2.45, 2.75) is 27.7 Å². The fraction of sp³-hybridized carbons (Fsp3) is 0.471. The van der Waals surface area contributed by atoms with Crippen molar-refractivity contribution < 1.29 is 19.0 Å². The minimum absolute atomic E-state index is 0.0584. The first-order valence-electron chi connectivity index (χ1n) is 7.26. The van der Waals surface area contributed by atoms with Crippen molar-refractivity contribution in [2.24, 2.45) is 17.3 Å². The molecule has 118 valence electrons. The number of esters is 1. The zero-order valence-electron chi connectivity index (χ0n) is 13.1. The van der Waals surface area contributed by atoms with E-state index < -0.39 is 0 Å². The molecule has 0 aromatic heterocycles. The molecule has 0 spiro atoms. The van der Waals surface area contributed by atoms with Crippen LogP contribution in [0.2, 0.25) is 0 Å². The van der Waals surface area contributed by atoms with E-state index in [2.05, 4.69) is 35.9 Å². The van der Waals surface area contributed by atoms with Gasteiger partial charge in [0.05, 0.1) is 10.4 Å². The molecule has 1 aromatic rings. The fourth-order valence-corrected chi connectivity index (χ4v) is 3.35. The molecule has 1 aromatic carbocycles. The molecule has 1 aliphatic carbocycles. The van der Waals surface area contributed by atoms with Gasteiger partial charge in [-0.1, -0.05) is 25.5 Å². The molecule has 0 unspecified atom stereocenters. The number of halogens is 1. The lowest BCUT2D eigenvalue weighted by Gasteiger charge is -2.08. The zero-order chi connectivity index (χ0) is 16.1. The first kappa shape index (κ1) is 15.4. The Morgan fingerprint density at radius 3 is 2.59 bits per heavy atom. The van der Waals surface area contributed by atoms with Gasteiger partial charge in [0.1, 0.15) is 5.75 Å². The number of carbonyl (C=O) groups excluding carboxylic acids is 1. The molecule has 2 aliphatic rings. The monoisotopic (exact) mass is 366 g/mol. The van der Waals surface area contributed by atoms with Gasteiger partial charge in [-0.15, -0.1) is 0 Å². The Labute approximate surface area is 138 Å². The molecule has 0 amide bonds. The summed E-state index contributed by atoms with van der Waals surface area (Å²) in [6.45, 7) is 8.48. The minimum Gasteiger partial charge on any atom is -0.454 e. The SMILES string of the molecule is CC(C)=C[C@@H]1[C@H](C(=O)Oc2cc3c(cc2Br)OCO3)C1(C)C. The summed E-state index contributed by atoms with van der Waals surface area (Å²) < 4.78 is 16.9.